The Morgan fingerprint density at radius 1 is 1.47 bits per heavy atom. The van der Waals surface area contributed by atoms with Gasteiger partial charge in [-0.2, -0.15) is 10.5 Å². The minimum Gasteiger partial charge on any atom is -0.504 e. The van der Waals surface area contributed by atoms with Gasteiger partial charge in [0.15, 0.2) is 17.2 Å². The fourth-order valence-electron chi connectivity index (χ4n) is 1.23. The molecule has 96 valence electrons. The monoisotopic (exact) mass is 256 g/mol. The predicted octanol–water partition coefficient (Wildman–Crippen LogP) is 1.43. The maximum absolute atomic E-state index is 9.52. The van der Waals surface area contributed by atoms with Crippen LogP contribution >= 0.6 is 0 Å². The first-order valence-corrected chi connectivity index (χ1v) is 5.42. The molecule has 0 saturated carbocycles. The lowest BCUT2D eigenvalue weighted by Crippen LogP contribution is -1.98. The Hall–Kier alpha value is -2.99. The maximum atomic E-state index is 9.52. The zero-order valence-corrected chi connectivity index (χ0v) is 10.3. The van der Waals surface area contributed by atoms with E-state index in [-0.39, 0.29) is 17.1 Å². The minimum absolute atomic E-state index is 0.0200. The number of phenols is 1. The molecule has 0 fully saturated rings. The Labute approximate surface area is 110 Å². The van der Waals surface area contributed by atoms with E-state index < -0.39 is 0 Å². The molecule has 0 bridgehead atoms. The van der Waals surface area contributed by atoms with Gasteiger partial charge < -0.3 is 15.6 Å². The highest BCUT2D eigenvalue weighted by Crippen LogP contribution is 2.26. The fraction of sp³-hybridized carbons (Fsp3) is 0.154. The number of hydrogen-bond acceptors (Lipinski definition) is 6. The summed E-state index contributed by atoms with van der Waals surface area (Å²) >= 11 is 0. The largest absolute Gasteiger partial charge is 0.504 e. The van der Waals surface area contributed by atoms with Crippen molar-refractivity contribution in [3.8, 4) is 23.6 Å². The van der Waals surface area contributed by atoms with Gasteiger partial charge in [0.25, 0.3) is 0 Å². The number of nitriles is 2. The van der Waals surface area contributed by atoms with Crippen molar-refractivity contribution in [1.82, 2.24) is 0 Å². The molecule has 3 N–H and O–H groups in total. The summed E-state index contributed by atoms with van der Waals surface area (Å²) in [5, 5.41) is 26.9. The van der Waals surface area contributed by atoms with Crippen LogP contribution in [-0.4, -0.2) is 17.9 Å². The second kappa shape index (κ2) is 6.67. The standard InChI is InChI=1S/C13H12N4O2/c1-2-19-13-5-9(3-4-12(13)18)8-17-11(7-15)10(16)6-14/h3-5,8,18H,2,16H2,1H3/b11-10-,17-8?. The number of rotatable bonds is 4. The number of aliphatic imine (C=N–C) groups is 1. The van der Waals surface area contributed by atoms with Gasteiger partial charge in [0.1, 0.15) is 17.8 Å². The van der Waals surface area contributed by atoms with Gasteiger partial charge in [0, 0.05) is 6.21 Å². The molecule has 0 aliphatic rings. The van der Waals surface area contributed by atoms with Crippen molar-refractivity contribution in [3.05, 3.63) is 35.2 Å². The van der Waals surface area contributed by atoms with Crippen LogP contribution in [0, 0.1) is 22.7 Å². The van der Waals surface area contributed by atoms with Crippen LogP contribution in [0.15, 0.2) is 34.6 Å². The molecule has 0 aromatic heterocycles. The summed E-state index contributed by atoms with van der Waals surface area (Å²) in [6, 6.07) is 8.00. The van der Waals surface area contributed by atoms with E-state index in [9.17, 15) is 5.11 Å². The SMILES string of the molecule is CCOc1cc(C=N/C(C#N)=C(\N)C#N)ccc1O. The quantitative estimate of drug-likeness (QED) is 0.624. The fourth-order valence-corrected chi connectivity index (χ4v) is 1.23. The summed E-state index contributed by atoms with van der Waals surface area (Å²) in [5.41, 5.74) is 5.52. The Balaban J connectivity index is 3.04. The molecule has 0 saturated heterocycles. The van der Waals surface area contributed by atoms with E-state index in [1.165, 1.54) is 12.3 Å². The van der Waals surface area contributed by atoms with E-state index >= 15 is 0 Å². The summed E-state index contributed by atoms with van der Waals surface area (Å²) in [7, 11) is 0. The van der Waals surface area contributed by atoms with Crippen LogP contribution in [-0.2, 0) is 0 Å². The van der Waals surface area contributed by atoms with Gasteiger partial charge in [-0.1, -0.05) is 0 Å². The first-order chi connectivity index (χ1) is 9.12. The highest BCUT2D eigenvalue weighted by molar-refractivity contribution is 5.82. The second-order valence-corrected chi connectivity index (χ2v) is 3.40. The third-order valence-electron chi connectivity index (χ3n) is 2.11. The van der Waals surface area contributed by atoms with Crippen LogP contribution in [0.5, 0.6) is 11.5 Å². The Morgan fingerprint density at radius 2 is 2.21 bits per heavy atom. The van der Waals surface area contributed by atoms with Gasteiger partial charge in [-0.25, -0.2) is 4.99 Å². The van der Waals surface area contributed by atoms with E-state index in [0.717, 1.165) is 0 Å². The number of ether oxygens (including phenoxy) is 1. The molecule has 6 nitrogen and oxygen atoms in total. The van der Waals surface area contributed by atoms with Crippen molar-refractivity contribution < 1.29 is 9.84 Å². The molecule has 1 aromatic rings. The average Bonchev–Trinajstić information content (AvgIpc) is 2.42. The first-order valence-electron chi connectivity index (χ1n) is 5.42. The van der Waals surface area contributed by atoms with Crippen LogP contribution in [0.1, 0.15) is 12.5 Å². The van der Waals surface area contributed by atoms with E-state index in [2.05, 4.69) is 4.99 Å². The molecular formula is C13H12N4O2. The molecule has 1 rings (SSSR count). The summed E-state index contributed by atoms with van der Waals surface area (Å²) < 4.78 is 5.21. The number of nitrogens with zero attached hydrogens (tertiary/aromatic N) is 3. The van der Waals surface area contributed by atoms with Crippen LogP contribution < -0.4 is 10.5 Å². The number of phenolic OH excluding ortho intramolecular Hbond substituents is 1. The third-order valence-corrected chi connectivity index (χ3v) is 2.11. The molecule has 6 heteroatoms. The van der Waals surface area contributed by atoms with Gasteiger partial charge >= 0.3 is 0 Å². The molecule has 0 aliphatic heterocycles. The van der Waals surface area contributed by atoms with Crippen molar-refractivity contribution >= 4 is 6.21 Å². The van der Waals surface area contributed by atoms with Crippen LogP contribution in [0.4, 0.5) is 0 Å². The van der Waals surface area contributed by atoms with Crippen molar-refractivity contribution in [2.45, 2.75) is 6.92 Å². The second-order valence-electron chi connectivity index (χ2n) is 3.40. The average molecular weight is 256 g/mol. The molecule has 0 unspecified atom stereocenters. The molecule has 1 aromatic carbocycles. The number of nitrogens with two attached hydrogens (primary N) is 1. The molecule has 0 spiro atoms. The number of hydrogen-bond donors (Lipinski definition) is 2. The Kier molecular flexibility index (Phi) is 4.94. The van der Waals surface area contributed by atoms with E-state index in [1.54, 1.807) is 31.2 Å². The van der Waals surface area contributed by atoms with Crippen LogP contribution in [0.25, 0.3) is 0 Å². The third kappa shape index (κ3) is 3.76. The molecular weight excluding hydrogens is 244 g/mol. The predicted molar refractivity (Wildman–Crippen MR) is 69.3 cm³/mol. The summed E-state index contributed by atoms with van der Waals surface area (Å²) in [5.74, 6) is 0.341. The summed E-state index contributed by atoms with van der Waals surface area (Å²) in [6.07, 6.45) is 1.37. The van der Waals surface area contributed by atoms with Gasteiger partial charge in [0.05, 0.1) is 6.61 Å². The number of allylic oxidation sites excluding steroid dienone is 2. The van der Waals surface area contributed by atoms with Gasteiger partial charge in [-0.3, -0.25) is 0 Å². The normalized spacial score (nSPS) is 11.5. The first kappa shape index (κ1) is 14.1. The van der Waals surface area contributed by atoms with Crippen molar-refractivity contribution in [2.75, 3.05) is 6.61 Å². The minimum atomic E-state index is -0.248. The Bertz CT molecular complexity index is 606. The maximum Gasteiger partial charge on any atom is 0.174 e. The lowest BCUT2D eigenvalue weighted by atomic mass is 10.2. The van der Waals surface area contributed by atoms with E-state index in [4.69, 9.17) is 21.0 Å². The molecule has 0 radical (unpaired) electrons. The molecule has 0 aliphatic carbocycles. The molecule has 0 amide bonds. The summed E-state index contributed by atoms with van der Waals surface area (Å²) in [4.78, 5) is 3.82. The van der Waals surface area contributed by atoms with Crippen LogP contribution in [0.2, 0.25) is 0 Å². The number of aromatic hydroxyl groups is 1. The highest BCUT2D eigenvalue weighted by Gasteiger charge is 2.03. The zero-order chi connectivity index (χ0) is 14.3. The van der Waals surface area contributed by atoms with Crippen molar-refractivity contribution in [3.63, 3.8) is 0 Å². The van der Waals surface area contributed by atoms with E-state index in [1.807, 2.05) is 0 Å². The summed E-state index contributed by atoms with van der Waals surface area (Å²) in [6.45, 7) is 2.21. The lowest BCUT2D eigenvalue weighted by molar-refractivity contribution is 0.318. The highest BCUT2D eigenvalue weighted by atomic mass is 16.5. The lowest BCUT2D eigenvalue weighted by Gasteiger charge is -2.05. The topological polar surface area (TPSA) is 115 Å². The molecule has 0 atom stereocenters. The van der Waals surface area contributed by atoms with Crippen LogP contribution in [0.3, 0.4) is 0 Å². The zero-order valence-electron chi connectivity index (χ0n) is 10.3. The van der Waals surface area contributed by atoms with Gasteiger partial charge in [0.2, 0.25) is 0 Å². The van der Waals surface area contributed by atoms with Crippen molar-refractivity contribution in [1.29, 1.82) is 10.5 Å². The Morgan fingerprint density at radius 3 is 2.79 bits per heavy atom. The molecule has 0 heterocycles. The number of benzene rings is 1. The van der Waals surface area contributed by atoms with Gasteiger partial charge in [-0.15, -0.1) is 0 Å². The smallest absolute Gasteiger partial charge is 0.174 e. The van der Waals surface area contributed by atoms with Crippen molar-refractivity contribution in [2.24, 2.45) is 10.7 Å². The van der Waals surface area contributed by atoms with E-state index in [0.29, 0.717) is 17.9 Å². The molecule has 19 heavy (non-hydrogen) atoms. The van der Waals surface area contributed by atoms with Gasteiger partial charge in [-0.05, 0) is 30.7 Å².